The molecule has 1 aliphatic carbocycles. The third-order valence-electron chi connectivity index (χ3n) is 5.35. The van der Waals surface area contributed by atoms with Crippen LogP contribution in [0.25, 0.3) is 0 Å². The van der Waals surface area contributed by atoms with Crippen LogP contribution in [0.3, 0.4) is 0 Å². The van der Waals surface area contributed by atoms with E-state index in [1.165, 1.54) is 11.1 Å². The molecule has 3 atom stereocenters. The zero-order valence-corrected chi connectivity index (χ0v) is 14.8. The zero-order valence-electron chi connectivity index (χ0n) is 14.8. The Balaban J connectivity index is 1.44. The molecule has 0 N–H and O–H groups in total. The van der Waals surface area contributed by atoms with E-state index >= 15 is 0 Å². The van der Waals surface area contributed by atoms with Crippen LogP contribution in [-0.4, -0.2) is 45.3 Å². The van der Waals surface area contributed by atoms with Crippen molar-refractivity contribution in [2.24, 2.45) is 5.92 Å². The monoisotopic (exact) mass is 340 g/mol. The van der Waals surface area contributed by atoms with Gasteiger partial charge in [0, 0.05) is 19.0 Å². The Hall–Kier alpha value is -2.21. The molecule has 0 spiro atoms. The molecule has 0 radical (unpaired) electrons. The average molecular weight is 340 g/mol. The van der Waals surface area contributed by atoms with E-state index in [-0.39, 0.29) is 17.9 Å². The van der Waals surface area contributed by atoms with Crippen LogP contribution in [0.5, 0.6) is 0 Å². The predicted molar refractivity (Wildman–Crippen MR) is 93.0 cm³/mol. The van der Waals surface area contributed by atoms with Gasteiger partial charge in [-0.1, -0.05) is 24.3 Å². The summed E-state index contributed by atoms with van der Waals surface area (Å²) in [5.41, 5.74) is 2.59. The van der Waals surface area contributed by atoms with Crippen molar-refractivity contribution in [3.63, 3.8) is 0 Å². The second-order valence-corrected chi connectivity index (χ2v) is 6.92. The highest BCUT2D eigenvalue weighted by Gasteiger charge is 2.47. The highest BCUT2D eigenvalue weighted by molar-refractivity contribution is 5.83. The molecule has 2 aromatic rings. The summed E-state index contributed by atoms with van der Waals surface area (Å²) in [6, 6.07) is 8.38. The van der Waals surface area contributed by atoms with E-state index in [4.69, 9.17) is 4.74 Å². The van der Waals surface area contributed by atoms with Crippen molar-refractivity contribution in [1.82, 2.24) is 19.7 Å². The van der Waals surface area contributed by atoms with E-state index in [0.29, 0.717) is 25.6 Å². The maximum absolute atomic E-state index is 13.0. The number of benzene rings is 1. The molecular weight excluding hydrogens is 316 g/mol. The third kappa shape index (κ3) is 3.06. The molecule has 25 heavy (non-hydrogen) atoms. The highest BCUT2D eigenvalue weighted by Crippen LogP contribution is 2.49. The van der Waals surface area contributed by atoms with Gasteiger partial charge in [-0.15, -0.1) is 10.2 Å². The lowest BCUT2D eigenvalue weighted by molar-refractivity contribution is -0.140. The number of hydrogen-bond acceptors (Lipinski definition) is 4. The fourth-order valence-corrected chi connectivity index (χ4v) is 3.81. The lowest BCUT2D eigenvalue weighted by atomic mass is 10.0. The molecule has 1 aliphatic heterocycles. The number of aryl methyl sites for hydroxylation is 2. The molecule has 2 heterocycles. The fourth-order valence-electron chi connectivity index (χ4n) is 3.81. The van der Waals surface area contributed by atoms with Crippen molar-refractivity contribution in [2.45, 2.75) is 38.8 Å². The van der Waals surface area contributed by atoms with E-state index in [0.717, 1.165) is 18.8 Å². The second kappa shape index (κ2) is 6.59. The second-order valence-electron chi connectivity index (χ2n) is 6.92. The van der Waals surface area contributed by atoms with Crippen molar-refractivity contribution in [3.8, 4) is 0 Å². The average Bonchev–Trinajstić information content (AvgIpc) is 3.29. The van der Waals surface area contributed by atoms with Gasteiger partial charge in [-0.25, -0.2) is 0 Å². The summed E-state index contributed by atoms with van der Waals surface area (Å²) in [4.78, 5) is 14.9. The molecule has 6 heteroatoms. The molecule has 4 rings (SSSR count). The smallest absolute Gasteiger partial charge is 0.226 e. The number of hydrogen-bond donors (Lipinski definition) is 0. The number of carbonyl (C=O) groups is 1. The molecule has 132 valence electrons. The number of morpholine rings is 1. The molecule has 6 nitrogen and oxygen atoms in total. The maximum atomic E-state index is 13.0. The van der Waals surface area contributed by atoms with Crippen molar-refractivity contribution in [3.05, 3.63) is 47.5 Å². The zero-order chi connectivity index (χ0) is 17.4. The van der Waals surface area contributed by atoms with Crippen LogP contribution < -0.4 is 0 Å². The SMILES string of the molecule is CCn1cnnc1[C@@H]1CN(C(=O)[C@@H]2C[C@@H]2c2ccccc2C)CCO1. The number of aromatic nitrogens is 3. The first-order chi connectivity index (χ1) is 12.2. The number of nitrogens with zero attached hydrogens (tertiary/aromatic N) is 4. The Morgan fingerprint density at radius 1 is 1.36 bits per heavy atom. The minimum Gasteiger partial charge on any atom is -0.366 e. The molecule has 2 aliphatic rings. The normalized spacial score (nSPS) is 25.8. The van der Waals surface area contributed by atoms with Crippen molar-refractivity contribution >= 4 is 5.91 Å². The number of carbonyl (C=O) groups excluding carboxylic acids is 1. The van der Waals surface area contributed by atoms with Gasteiger partial charge in [0.25, 0.3) is 0 Å². The summed E-state index contributed by atoms with van der Waals surface area (Å²) >= 11 is 0. The van der Waals surface area contributed by atoms with Crippen molar-refractivity contribution in [1.29, 1.82) is 0 Å². The predicted octanol–water partition coefficient (Wildman–Crippen LogP) is 2.31. The van der Waals surface area contributed by atoms with E-state index in [1.54, 1.807) is 6.33 Å². The maximum Gasteiger partial charge on any atom is 0.226 e. The van der Waals surface area contributed by atoms with Gasteiger partial charge in [0.05, 0.1) is 13.2 Å². The first-order valence-corrected chi connectivity index (χ1v) is 9.02. The summed E-state index contributed by atoms with van der Waals surface area (Å²) in [5.74, 6) is 1.55. The molecule has 1 saturated carbocycles. The third-order valence-corrected chi connectivity index (χ3v) is 5.35. The van der Waals surface area contributed by atoms with Gasteiger partial charge in [0.2, 0.25) is 5.91 Å². The Morgan fingerprint density at radius 3 is 3.00 bits per heavy atom. The van der Waals surface area contributed by atoms with Crippen LogP contribution in [0, 0.1) is 12.8 Å². The minimum absolute atomic E-state index is 0.115. The quantitative estimate of drug-likeness (QED) is 0.857. The number of rotatable bonds is 4. The molecular formula is C19H24N4O2. The van der Waals surface area contributed by atoms with E-state index < -0.39 is 0 Å². The Labute approximate surface area is 147 Å². The summed E-state index contributed by atoms with van der Waals surface area (Å²) in [7, 11) is 0. The van der Waals surface area contributed by atoms with E-state index in [9.17, 15) is 4.79 Å². The van der Waals surface area contributed by atoms with Gasteiger partial charge >= 0.3 is 0 Å². The minimum atomic E-state index is -0.184. The summed E-state index contributed by atoms with van der Waals surface area (Å²) in [6.45, 7) is 6.75. The standard InChI is InChI=1S/C19H24N4O2/c1-3-22-12-20-21-18(22)17-11-23(8-9-25-17)19(24)16-10-15(16)14-7-5-4-6-13(14)2/h4-7,12,15-17H,3,8-11H2,1-2H3/t15-,16-,17+/m1/s1. The van der Waals surface area contributed by atoms with Crippen molar-refractivity contribution < 1.29 is 9.53 Å². The van der Waals surface area contributed by atoms with Crippen LogP contribution in [0.4, 0.5) is 0 Å². The highest BCUT2D eigenvalue weighted by atomic mass is 16.5. The number of ether oxygens (including phenoxy) is 1. The first-order valence-electron chi connectivity index (χ1n) is 9.02. The summed E-state index contributed by atoms with van der Waals surface area (Å²) < 4.78 is 7.84. The molecule has 1 aromatic carbocycles. The van der Waals surface area contributed by atoms with Crippen LogP contribution in [0.2, 0.25) is 0 Å². The summed E-state index contributed by atoms with van der Waals surface area (Å²) in [5, 5.41) is 8.17. The van der Waals surface area contributed by atoms with Crippen LogP contribution in [-0.2, 0) is 16.1 Å². The topological polar surface area (TPSA) is 60.2 Å². The van der Waals surface area contributed by atoms with Crippen molar-refractivity contribution in [2.75, 3.05) is 19.7 Å². The lowest BCUT2D eigenvalue weighted by Crippen LogP contribution is -2.43. The largest absolute Gasteiger partial charge is 0.366 e. The van der Waals surface area contributed by atoms with Gasteiger partial charge in [0.1, 0.15) is 12.4 Å². The molecule has 1 amide bonds. The van der Waals surface area contributed by atoms with E-state index in [2.05, 4.69) is 48.3 Å². The van der Waals surface area contributed by atoms with Crippen LogP contribution in [0.15, 0.2) is 30.6 Å². The van der Waals surface area contributed by atoms with Gasteiger partial charge in [-0.05, 0) is 37.3 Å². The van der Waals surface area contributed by atoms with Gasteiger partial charge in [-0.3, -0.25) is 4.79 Å². The van der Waals surface area contributed by atoms with Gasteiger partial charge < -0.3 is 14.2 Å². The van der Waals surface area contributed by atoms with Crippen LogP contribution in [0.1, 0.15) is 42.3 Å². The first kappa shape index (κ1) is 16.3. The Bertz CT molecular complexity index is 772. The molecule has 0 unspecified atom stereocenters. The molecule has 2 fully saturated rings. The molecule has 0 bridgehead atoms. The van der Waals surface area contributed by atoms with Gasteiger partial charge in [0.15, 0.2) is 5.82 Å². The van der Waals surface area contributed by atoms with Gasteiger partial charge in [-0.2, -0.15) is 0 Å². The molecule has 1 aromatic heterocycles. The Morgan fingerprint density at radius 2 is 2.20 bits per heavy atom. The fraction of sp³-hybridized carbons (Fsp3) is 0.526. The van der Waals surface area contributed by atoms with E-state index in [1.807, 2.05) is 9.47 Å². The number of amides is 1. The lowest BCUT2D eigenvalue weighted by Gasteiger charge is -2.32. The Kier molecular flexibility index (Phi) is 4.29. The summed E-state index contributed by atoms with van der Waals surface area (Å²) in [6.07, 6.45) is 2.49. The van der Waals surface area contributed by atoms with Crippen LogP contribution >= 0.6 is 0 Å². The molecule has 1 saturated heterocycles.